The summed E-state index contributed by atoms with van der Waals surface area (Å²) in [5.74, 6) is 0.855. The highest BCUT2D eigenvalue weighted by Crippen LogP contribution is 2.23. The summed E-state index contributed by atoms with van der Waals surface area (Å²) >= 11 is 0. The van der Waals surface area contributed by atoms with Gasteiger partial charge in [0.1, 0.15) is 11.0 Å². The zero-order chi connectivity index (χ0) is 24.6. The van der Waals surface area contributed by atoms with Crippen molar-refractivity contribution in [2.24, 2.45) is 0 Å². The molecule has 3 aromatic heterocycles. The minimum absolute atomic E-state index is 0.237. The van der Waals surface area contributed by atoms with E-state index in [4.69, 9.17) is 4.98 Å². The number of rotatable bonds is 6. The van der Waals surface area contributed by atoms with Gasteiger partial charge in [0.2, 0.25) is 5.95 Å². The van der Waals surface area contributed by atoms with E-state index in [0.29, 0.717) is 28.5 Å². The van der Waals surface area contributed by atoms with Crippen LogP contribution < -0.4 is 16.2 Å². The molecule has 0 unspecified atom stereocenters. The molecule has 0 bridgehead atoms. The molecule has 5 rings (SSSR count). The number of aliphatic hydroxyl groups is 1. The molecule has 0 aliphatic carbocycles. The van der Waals surface area contributed by atoms with E-state index in [2.05, 4.69) is 39.3 Å². The quantitative estimate of drug-likeness (QED) is 0.371. The van der Waals surface area contributed by atoms with Gasteiger partial charge in [-0.15, -0.1) is 6.58 Å². The predicted octanol–water partition coefficient (Wildman–Crippen LogP) is 2.82. The normalized spacial score (nSPS) is 13.9. The standard InChI is InChI=1S/C26H29N7O2/c1-4-14-32-24(34)20-16-28-25(29-19-9-8-17-10-12-27-13-11-18(17)15-19)31-23(20)33(32)22-7-5-6-21(30-22)26(2,3)35/h4-9,15-16,27,35H,1,10-14H2,2-3H3,(H,28,29,31). The molecule has 0 radical (unpaired) electrons. The predicted molar refractivity (Wildman–Crippen MR) is 136 cm³/mol. The summed E-state index contributed by atoms with van der Waals surface area (Å²) in [6.45, 7) is 9.34. The van der Waals surface area contributed by atoms with E-state index in [-0.39, 0.29) is 12.1 Å². The molecule has 0 atom stereocenters. The number of hydrogen-bond donors (Lipinski definition) is 3. The molecular weight excluding hydrogens is 442 g/mol. The smallest absolute Gasteiger partial charge is 0.278 e. The number of nitrogens with one attached hydrogen (secondary N) is 2. The van der Waals surface area contributed by atoms with Crippen LogP contribution in [0.3, 0.4) is 0 Å². The number of pyridine rings is 1. The Morgan fingerprint density at radius 1 is 1.17 bits per heavy atom. The Morgan fingerprint density at radius 3 is 2.74 bits per heavy atom. The Kier molecular flexibility index (Phi) is 5.96. The molecular formula is C26H29N7O2. The zero-order valence-electron chi connectivity index (χ0n) is 20.0. The number of anilines is 2. The molecule has 9 heteroatoms. The van der Waals surface area contributed by atoms with Crippen molar-refractivity contribution < 1.29 is 5.11 Å². The number of aromatic nitrogens is 5. The minimum atomic E-state index is -1.13. The first kappa shape index (κ1) is 22.9. The van der Waals surface area contributed by atoms with Crippen LogP contribution in [0.25, 0.3) is 16.9 Å². The van der Waals surface area contributed by atoms with Crippen LogP contribution in [0, 0.1) is 0 Å². The number of allylic oxidation sites excluding steroid dienone is 1. The molecule has 180 valence electrons. The highest BCUT2D eigenvalue weighted by Gasteiger charge is 2.22. The summed E-state index contributed by atoms with van der Waals surface area (Å²) in [5.41, 5.74) is 3.10. The molecule has 0 spiro atoms. The van der Waals surface area contributed by atoms with Crippen LogP contribution in [-0.4, -0.2) is 42.5 Å². The average Bonchev–Trinajstić information content (AvgIpc) is 2.97. The number of nitrogens with zero attached hydrogens (tertiary/aromatic N) is 5. The summed E-state index contributed by atoms with van der Waals surface area (Å²) in [5, 5.41) is 17.6. The molecule has 0 saturated carbocycles. The van der Waals surface area contributed by atoms with Crippen molar-refractivity contribution in [3.8, 4) is 5.82 Å². The van der Waals surface area contributed by atoms with Gasteiger partial charge in [0.05, 0.1) is 12.2 Å². The first-order chi connectivity index (χ1) is 16.8. The Bertz CT molecular complexity index is 1460. The third-order valence-corrected chi connectivity index (χ3v) is 6.16. The fraction of sp³-hybridized carbons (Fsp3) is 0.308. The lowest BCUT2D eigenvalue weighted by Gasteiger charge is -2.18. The van der Waals surface area contributed by atoms with Crippen LogP contribution in [0.4, 0.5) is 11.6 Å². The van der Waals surface area contributed by atoms with Crippen molar-refractivity contribution in [1.29, 1.82) is 0 Å². The first-order valence-corrected chi connectivity index (χ1v) is 11.7. The second-order valence-corrected chi connectivity index (χ2v) is 9.22. The highest BCUT2D eigenvalue weighted by molar-refractivity contribution is 5.77. The average molecular weight is 472 g/mol. The maximum Gasteiger partial charge on any atom is 0.278 e. The van der Waals surface area contributed by atoms with Gasteiger partial charge in [-0.25, -0.2) is 19.3 Å². The third-order valence-electron chi connectivity index (χ3n) is 6.16. The maximum atomic E-state index is 13.2. The largest absolute Gasteiger partial charge is 0.384 e. The van der Waals surface area contributed by atoms with Crippen molar-refractivity contribution in [3.05, 3.63) is 82.4 Å². The zero-order valence-corrected chi connectivity index (χ0v) is 20.0. The van der Waals surface area contributed by atoms with Gasteiger partial charge in [-0.3, -0.25) is 4.79 Å². The lowest BCUT2D eigenvalue weighted by atomic mass is 10.0. The summed E-state index contributed by atoms with van der Waals surface area (Å²) in [7, 11) is 0. The monoisotopic (exact) mass is 471 g/mol. The molecule has 3 N–H and O–H groups in total. The van der Waals surface area contributed by atoms with E-state index in [1.54, 1.807) is 42.8 Å². The molecule has 1 aromatic carbocycles. The van der Waals surface area contributed by atoms with Crippen molar-refractivity contribution in [3.63, 3.8) is 0 Å². The molecule has 0 saturated heterocycles. The van der Waals surface area contributed by atoms with E-state index in [1.807, 2.05) is 6.07 Å². The Labute approximate surface area is 203 Å². The van der Waals surface area contributed by atoms with Crippen LogP contribution >= 0.6 is 0 Å². The second-order valence-electron chi connectivity index (χ2n) is 9.22. The van der Waals surface area contributed by atoms with Crippen molar-refractivity contribution >= 4 is 22.7 Å². The topological polar surface area (TPSA) is 110 Å². The van der Waals surface area contributed by atoms with Crippen LogP contribution in [-0.2, 0) is 25.0 Å². The van der Waals surface area contributed by atoms with Crippen LogP contribution in [0.2, 0.25) is 0 Å². The van der Waals surface area contributed by atoms with Gasteiger partial charge in [-0.1, -0.05) is 18.2 Å². The van der Waals surface area contributed by atoms with Crippen LogP contribution in [0.1, 0.15) is 30.7 Å². The molecule has 4 aromatic rings. The molecule has 0 amide bonds. The van der Waals surface area contributed by atoms with E-state index >= 15 is 0 Å². The Hall–Kier alpha value is -3.82. The van der Waals surface area contributed by atoms with Crippen molar-refractivity contribution in [2.75, 3.05) is 18.4 Å². The molecule has 4 heterocycles. The summed E-state index contributed by atoms with van der Waals surface area (Å²) in [6, 6.07) is 11.6. The SMILES string of the molecule is C=CCn1c(=O)c2cnc(Nc3ccc4c(c3)CCNCC4)nc2n1-c1cccc(C(C)(C)O)n1. The lowest BCUT2D eigenvalue weighted by Crippen LogP contribution is -2.23. The van der Waals surface area contributed by atoms with Gasteiger partial charge >= 0.3 is 0 Å². The Morgan fingerprint density at radius 2 is 1.97 bits per heavy atom. The Balaban J connectivity index is 1.60. The van der Waals surface area contributed by atoms with Crippen LogP contribution in [0.15, 0.2) is 60.0 Å². The summed E-state index contributed by atoms with van der Waals surface area (Å²) in [6.07, 6.45) is 5.17. The second kappa shape index (κ2) is 9.09. The minimum Gasteiger partial charge on any atom is -0.384 e. The summed E-state index contributed by atoms with van der Waals surface area (Å²) < 4.78 is 3.17. The fourth-order valence-electron chi connectivity index (χ4n) is 4.37. The first-order valence-electron chi connectivity index (χ1n) is 11.7. The highest BCUT2D eigenvalue weighted by atomic mass is 16.3. The van der Waals surface area contributed by atoms with Gasteiger partial charge in [0.15, 0.2) is 11.5 Å². The van der Waals surface area contributed by atoms with Crippen LogP contribution in [0.5, 0.6) is 0 Å². The van der Waals surface area contributed by atoms with E-state index < -0.39 is 5.60 Å². The summed E-state index contributed by atoms with van der Waals surface area (Å²) in [4.78, 5) is 26.9. The van der Waals surface area contributed by atoms with E-state index in [1.165, 1.54) is 22.0 Å². The molecule has 35 heavy (non-hydrogen) atoms. The van der Waals surface area contributed by atoms with Gasteiger partial charge in [0.25, 0.3) is 5.56 Å². The molecule has 1 aliphatic heterocycles. The fourth-order valence-corrected chi connectivity index (χ4v) is 4.37. The van der Waals surface area contributed by atoms with Gasteiger partial charge in [0, 0.05) is 11.9 Å². The number of hydrogen-bond acceptors (Lipinski definition) is 7. The lowest BCUT2D eigenvalue weighted by molar-refractivity contribution is 0.0738. The van der Waals surface area contributed by atoms with Crippen molar-refractivity contribution in [2.45, 2.75) is 38.8 Å². The molecule has 9 nitrogen and oxygen atoms in total. The maximum absolute atomic E-state index is 13.2. The van der Waals surface area contributed by atoms with Gasteiger partial charge < -0.3 is 15.7 Å². The number of fused-ring (bicyclic) bond motifs is 2. The molecule has 0 fully saturated rings. The molecule has 1 aliphatic rings. The third kappa shape index (κ3) is 4.48. The van der Waals surface area contributed by atoms with E-state index in [0.717, 1.165) is 31.6 Å². The van der Waals surface area contributed by atoms with Crippen molar-refractivity contribution in [1.82, 2.24) is 29.6 Å². The van der Waals surface area contributed by atoms with Gasteiger partial charge in [-0.2, -0.15) is 4.98 Å². The van der Waals surface area contributed by atoms with E-state index in [9.17, 15) is 9.90 Å². The number of benzene rings is 1. The van der Waals surface area contributed by atoms with Gasteiger partial charge in [-0.05, 0) is 75.2 Å².